The van der Waals surface area contributed by atoms with Crippen LogP contribution in [0, 0.1) is 6.92 Å². The van der Waals surface area contributed by atoms with Gasteiger partial charge in [0.25, 0.3) is 0 Å². The fourth-order valence-electron chi connectivity index (χ4n) is 3.20. The lowest BCUT2D eigenvalue weighted by Crippen LogP contribution is -2.04. The van der Waals surface area contributed by atoms with Gasteiger partial charge in [-0.25, -0.2) is 19.7 Å². The number of benzene rings is 3. The van der Waals surface area contributed by atoms with Crippen LogP contribution in [0.2, 0.25) is 0 Å². The molecule has 6 heteroatoms. The van der Waals surface area contributed by atoms with Gasteiger partial charge in [0, 0.05) is 11.1 Å². The molecule has 1 N–H and O–H groups in total. The molecule has 4 rings (SSSR count). The Balaban J connectivity index is 1.85. The fraction of sp³-hybridized carbons (Fsp3) is 0.120. The van der Waals surface area contributed by atoms with E-state index in [1.807, 2.05) is 37.3 Å². The molecule has 0 saturated carbocycles. The smallest absolute Gasteiger partial charge is 0.338 e. The molecule has 0 radical (unpaired) electrons. The summed E-state index contributed by atoms with van der Waals surface area (Å²) in [5.74, 6) is 1.04. The standard InChI is InChI=1S/C25H21N3O3/c1-3-31-25(30)18-14-12-17(13-15-18)22-26-23(19-9-5-4-8-16(19)2)28-24(27-22)20-10-6-7-11-21(20)29/h4-15,29H,3H2,1-2H3. The first-order chi connectivity index (χ1) is 15.1. The van der Waals surface area contributed by atoms with Crippen LogP contribution < -0.4 is 0 Å². The van der Waals surface area contributed by atoms with E-state index >= 15 is 0 Å². The summed E-state index contributed by atoms with van der Waals surface area (Å²) in [6.45, 7) is 4.08. The number of ether oxygens (including phenoxy) is 1. The zero-order valence-electron chi connectivity index (χ0n) is 17.2. The largest absolute Gasteiger partial charge is 0.507 e. The number of hydrogen-bond donors (Lipinski definition) is 1. The van der Waals surface area contributed by atoms with E-state index in [0.717, 1.165) is 16.7 Å². The number of aromatic hydroxyl groups is 1. The molecule has 4 aromatic rings. The minimum Gasteiger partial charge on any atom is -0.507 e. The third-order valence-electron chi connectivity index (χ3n) is 4.82. The van der Waals surface area contributed by atoms with Gasteiger partial charge in [-0.1, -0.05) is 48.5 Å². The van der Waals surface area contributed by atoms with Gasteiger partial charge in [0.2, 0.25) is 0 Å². The van der Waals surface area contributed by atoms with E-state index in [2.05, 4.69) is 15.0 Å². The Morgan fingerprint density at radius 3 is 2.03 bits per heavy atom. The van der Waals surface area contributed by atoms with E-state index in [1.165, 1.54) is 0 Å². The minimum atomic E-state index is -0.375. The Labute approximate surface area is 180 Å². The molecule has 0 aliphatic rings. The monoisotopic (exact) mass is 411 g/mol. The molecule has 6 nitrogen and oxygen atoms in total. The molecule has 0 saturated heterocycles. The number of carbonyl (C=O) groups excluding carboxylic acids is 1. The van der Waals surface area contributed by atoms with E-state index in [1.54, 1.807) is 49.4 Å². The van der Waals surface area contributed by atoms with Crippen LogP contribution in [-0.2, 0) is 4.74 Å². The number of hydrogen-bond acceptors (Lipinski definition) is 6. The van der Waals surface area contributed by atoms with Crippen molar-refractivity contribution in [3.8, 4) is 39.9 Å². The molecule has 0 fully saturated rings. The van der Waals surface area contributed by atoms with Crippen molar-refractivity contribution in [1.82, 2.24) is 15.0 Å². The minimum absolute atomic E-state index is 0.0908. The third kappa shape index (κ3) is 4.28. The first kappa shape index (κ1) is 20.2. The van der Waals surface area contributed by atoms with E-state index in [9.17, 15) is 9.90 Å². The second-order valence-corrected chi connectivity index (χ2v) is 6.94. The van der Waals surface area contributed by atoms with E-state index in [4.69, 9.17) is 4.74 Å². The van der Waals surface area contributed by atoms with Crippen LogP contribution in [0.5, 0.6) is 5.75 Å². The molecule has 0 atom stereocenters. The van der Waals surface area contributed by atoms with Crippen LogP contribution in [0.4, 0.5) is 0 Å². The van der Waals surface area contributed by atoms with E-state index < -0.39 is 0 Å². The van der Waals surface area contributed by atoms with Crippen molar-refractivity contribution in [1.29, 1.82) is 0 Å². The lowest BCUT2D eigenvalue weighted by molar-refractivity contribution is 0.0526. The summed E-state index contributed by atoms with van der Waals surface area (Å²) in [6.07, 6.45) is 0. The molecule has 1 aromatic heterocycles. The van der Waals surface area contributed by atoms with Crippen LogP contribution in [0.1, 0.15) is 22.8 Å². The highest BCUT2D eigenvalue weighted by Gasteiger charge is 2.16. The third-order valence-corrected chi connectivity index (χ3v) is 4.82. The Hall–Kier alpha value is -4.06. The number of para-hydroxylation sites is 1. The number of carbonyl (C=O) groups is 1. The summed E-state index contributed by atoms with van der Waals surface area (Å²) in [6, 6.07) is 21.7. The molecule has 154 valence electrons. The lowest BCUT2D eigenvalue weighted by Gasteiger charge is -2.10. The van der Waals surface area contributed by atoms with Crippen molar-refractivity contribution in [3.05, 3.63) is 83.9 Å². The summed E-state index contributed by atoms with van der Waals surface area (Å²) in [4.78, 5) is 25.9. The number of nitrogens with zero attached hydrogens (tertiary/aromatic N) is 3. The van der Waals surface area contributed by atoms with Crippen molar-refractivity contribution in [3.63, 3.8) is 0 Å². The normalized spacial score (nSPS) is 10.6. The molecular formula is C25H21N3O3. The SMILES string of the molecule is CCOC(=O)c1ccc(-c2nc(-c3ccccc3C)nc(-c3ccccc3O)n2)cc1. The Kier molecular flexibility index (Phi) is 5.71. The van der Waals surface area contributed by atoms with Crippen molar-refractivity contribution in [2.45, 2.75) is 13.8 Å². The second-order valence-electron chi connectivity index (χ2n) is 6.94. The van der Waals surface area contributed by atoms with Crippen LogP contribution >= 0.6 is 0 Å². The van der Waals surface area contributed by atoms with Gasteiger partial charge < -0.3 is 9.84 Å². The lowest BCUT2D eigenvalue weighted by atomic mass is 10.1. The van der Waals surface area contributed by atoms with Crippen LogP contribution in [0.15, 0.2) is 72.8 Å². The number of aromatic nitrogens is 3. The average molecular weight is 411 g/mol. The Morgan fingerprint density at radius 2 is 1.39 bits per heavy atom. The summed E-state index contributed by atoms with van der Waals surface area (Å²) in [5, 5.41) is 10.3. The van der Waals surface area contributed by atoms with Gasteiger partial charge in [-0.05, 0) is 43.7 Å². The molecule has 0 unspecified atom stereocenters. The fourth-order valence-corrected chi connectivity index (χ4v) is 3.20. The Bertz CT molecular complexity index is 1170. The summed E-state index contributed by atoms with van der Waals surface area (Å²) in [7, 11) is 0. The van der Waals surface area contributed by atoms with E-state index in [0.29, 0.717) is 35.2 Å². The molecular weight excluding hydrogens is 390 g/mol. The maximum atomic E-state index is 12.0. The molecule has 0 bridgehead atoms. The maximum Gasteiger partial charge on any atom is 0.338 e. The first-order valence-corrected chi connectivity index (χ1v) is 9.95. The molecule has 0 aliphatic heterocycles. The van der Waals surface area contributed by atoms with Crippen molar-refractivity contribution < 1.29 is 14.6 Å². The predicted molar refractivity (Wildman–Crippen MR) is 118 cm³/mol. The average Bonchev–Trinajstić information content (AvgIpc) is 2.80. The van der Waals surface area contributed by atoms with Crippen LogP contribution in [0.3, 0.4) is 0 Å². The number of rotatable bonds is 5. The molecule has 0 spiro atoms. The number of phenols is 1. The predicted octanol–water partition coefficient (Wildman–Crippen LogP) is 5.06. The summed E-state index contributed by atoms with van der Waals surface area (Å²) >= 11 is 0. The van der Waals surface area contributed by atoms with Crippen molar-refractivity contribution in [2.24, 2.45) is 0 Å². The molecule has 31 heavy (non-hydrogen) atoms. The second kappa shape index (κ2) is 8.75. The van der Waals surface area contributed by atoms with Gasteiger partial charge in [0.1, 0.15) is 5.75 Å². The molecule has 0 amide bonds. The number of aryl methyl sites for hydroxylation is 1. The highest BCUT2D eigenvalue weighted by Crippen LogP contribution is 2.30. The van der Waals surface area contributed by atoms with Crippen molar-refractivity contribution in [2.75, 3.05) is 6.61 Å². The van der Waals surface area contributed by atoms with Gasteiger partial charge >= 0.3 is 5.97 Å². The highest BCUT2D eigenvalue weighted by atomic mass is 16.5. The highest BCUT2D eigenvalue weighted by molar-refractivity contribution is 5.90. The molecule has 0 aliphatic carbocycles. The van der Waals surface area contributed by atoms with Crippen molar-refractivity contribution >= 4 is 5.97 Å². The van der Waals surface area contributed by atoms with Gasteiger partial charge in [-0.2, -0.15) is 0 Å². The summed E-state index contributed by atoms with van der Waals surface area (Å²) in [5.41, 5.74) is 3.61. The van der Waals surface area contributed by atoms with Gasteiger partial charge in [-0.3, -0.25) is 0 Å². The topological polar surface area (TPSA) is 85.2 Å². The molecule has 1 heterocycles. The van der Waals surface area contributed by atoms with Gasteiger partial charge in [0.05, 0.1) is 17.7 Å². The number of phenolic OH excluding ortho intramolecular Hbond substituents is 1. The zero-order chi connectivity index (χ0) is 21.8. The Morgan fingerprint density at radius 1 is 0.806 bits per heavy atom. The van der Waals surface area contributed by atoms with Gasteiger partial charge in [-0.15, -0.1) is 0 Å². The zero-order valence-corrected chi connectivity index (χ0v) is 17.2. The van der Waals surface area contributed by atoms with Crippen LogP contribution in [0.25, 0.3) is 34.2 Å². The summed E-state index contributed by atoms with van der Waals surface area (Å²) < 4.78 is 5.05. The first-order valence-electron chi connectivity index (χ1n) is 9.95. The maximum absolute atomic E-state index is 12.0. The van der Waals surface area contributed by atoms with E-state index in [-0.39, 0.29) is 11.7 Å². The number of esters is 1. The van der Waals surface area contributed by atoms with Gasteiger partial charge in [0.15, 0.2) is 17.5 Å². The molecule has 3 aromatic carbocycles. The quantitative estimate of drug-likeness (QED) is 0.462. The van der Waals surface area contributed by atoms with Crippen LogP contribution in [-0.4, -0.2) is 32.6 Å².